The van der Waals surface area contributed by atoms with E-state index in [-0.39, 0.29) is 5.78 Å². The maximum Gasteiger partial charge on any atom is 0.192 e. The molecule has 1 aromatic carbocycles. The van der Waals surface area contributed by atoms with Gasteiger partial charge >= 0.3 is 0 Å². The summed E-state index contributed by atoms with van der Waals surface area (Å²) in [5.74, 6) is 0.0656. The zero-order valence-corrected chi connectivity index (χ0v) is 11.8. The molecule has 17 heavy (non-hydrogen) atoms. The normalized spacial score (nSPS) is 15.8. The molecule has 0 bridgehead atoms. The number of rotatable bonds is 2. The second kappa shape index (κ2) is 5.19. The van der Waals surface area contributed by atoms with E-state index in [0.717, 1.165) is 28.5 Å². The second-order valence-electron chi connectivity index (χ2n) is 4.12. The van der Waals surface area contributed by atoms with Crippen molar-refractivity contribution in [3.05, 3.63) is 56.6 Å². The standard InChI is InChI=1S/C14H12BrClO/c1-9-2-5-11(15)8-13(9)14(17)10-3-6-12(16)7-4-10/h3-4,6-8H,2,5H2,1H3. The summed E-state index contributed by atoms with van der Waals surface area (Å²) in [7, 11) is 0. The molecule has 0 heterocycles. The van der Waals surface area contributed by atoms with Crippen LogP contribution in [0, 0.1) is 0 Å². The van der Waals surface area contributed by atoms with E-state index in [1.165, 1.54) is 0 Å². The summed E-state index contributed by atoms with van der Waals surface area (Å²) in [5.41, 5.74) is 2.63. The Morgan fingerprint density at radius 2 is 1.88 bits per heavy atom. The van der Waals surface area contributed by atoms with Crippen molar-refractivity contribution in [2.75, 3.05) is 0 Å². The maximum atomic E-state index is 12.3. The topological polar surface area (TPSA) is 17.1 Å². The molecule has 0 fully saturated rings. The van der Waals surface area contributed by atoms with Gasteiger partial charge in [-0.1, -0.05) is 33.1 Å². The number of benzene rings is 1. The molecule has 0 N–H and O–H groups in total. The van der Waals surface area contributed by atoms with Crippen molar-refractivity contribution in [3.63, 3.8) is 0 Å². The molecule has 1 aliphatic rings. The first-order chi connectivity index (χ1) is 8.08. The van der Waals surface area contributed by atoms with E-state index in [1.807, 2.05) is 13.0 Å². The molecule has 0 unspecified atom stereocenters. The van der Waals surface area contributed by atoms with Gasteiger partial charge < -0.3 is 0 Å². The lowest BCUT2D eigenvalue weighted by Gasteiger charge is -2.14. The third-order valence-corrected chi connectivity index (χ3v) is 3.73. The van der Waals surface area contributed by atoms with E-state index in [1.54, 1.807) is 24.3 Å². The fourth-order valence-corrected chi connectivity index (χ4v) is 2.36. The number of hydrogen-bond donors (Lipinski definition) is 0. The van der Waals surface area contributed by atoms with Gasteiger partial charge in [0.1, 0.15) is 0 Å². The minimum atomic E-state index is 0.0656. The molecule has 3 heteroatoms. The summed E-state index contributed by atoms with van der Waals surface area (Å²) in [6.07, 6.45) is 3.84. The Morgan fingerprint density at radius 3 is 2.53 bits per heavy atom. The van der Waals surface area contributed by atoms with Gasteiger partial charge in [0.15, 0.2) is 5.78 Å². The number of allylic oxidation sites excluding steroid dienone is 4. The van der Waals surface area contributed by atoms with Crippen molar-refractivity contribution in [3.8, 4) is 0 Å². The van der Waals surface area contributed by atoms with Gasteiger partial charge in [-0.3, -0.25) is 4.79 Å². The lowest BCUT2D eigenvalue weighted by Crippen LogP contribution is -2.07. The summed E-state index contributed by atoms with van der Waals surface area (Å²) < 4.78 is 1.08. The van der Waals surface area contributed by atoms with Gasteiger partial charge in [-0.15, -0.1) is 0 Å². The van der Waals surface area contributed by atoms with Crippen LogP contribution in [-0.2, 0) is 0 Å². The molecular weight excluding hydrogens is 300 g/mol. The summed E-state index contributed by atoms with van der Waals surface area (Å²) in [5, 5.41) is 0.646. The molecule has 2 rings (SSSR count). The highest BCUT2D eigenvalue weighted by atomic mass is 79.9. The van der Waals surface area contributed by atoms with Crippen molar-refractivity contribution in [1.29, 1.82) is 0 Å². The average molecular weight is 312 g/mol. The quantitative estimate of drug-likeness (QED) is 0.709. The first kappa shape index (κ1) is 12.6. The van der Waals surface area contributed by atoms with Crippen molar-refractivity contribution in [2.24, 2.45) is 0 Å². The smallest absolute Gasteiger partial charge is 0.192 e. The number of carbonyl (C=O) groups excluding carboxylic acids is 1. The number of carbonyl (C=O) groups is 1. The van der Waals surface area contributed by atoms with Gasteiger partial charge in [-0.25, -0.2) is 0 Å². The third-order valence-electron chi connectivity index (χ3n) is 2.85. The molecule has 0 spiro atoms. The van der Waals surface area contributed by atoms with Gasteiger partial charge in [0.25, 0.3) is 0 Å². The van der Waals surface area contributed by atoms with Crippen molar-refractivity contribution >= 4 is 33.3 Å². The Bertz CT molecular complexity index is 512. The zero-order chi connectivity index (χ0) is 12.4. The molecule has 1 aliphatic carbocycles. The van der Waals surface area contributed by atoms with Gasteiger partial charge in [-0.2, -0.15) is 0 Å². The van der Waals surface area contributed by atoms with Crippen LogP contribution in [0.2, 0.25) is 5.02 Å². The van der Waals surface area contributed by atoms with Crippen molar-refractivity contribution in [1.82, 2.24) is 0 Å². The van der Waals surface area contributed by atoms with Gasteiger partial charge in [0, 0.05) is 16.2 Å². The largest absolute Gasteiger partial charge is 0.289 e. The van der Waals surface area contributed by atoms with Crippen molar-refractivity contribution in [2.45, 2.75) is 19.8 Å². The van der Waals surface area contributed by atoms with Crippen molar-refractivity contribution < 1.29 is 4.79 Å². The van der Waals surface area contributed by atoms with Crippen LogP contribution in [-0.4, -0.2) is 5.78 Å². The summed E-state index contributed by atoms with van der Waals surface area (Å²) in [6, 6.07) is 7.02. The number of Topliss-reactive ketones (excluding diaryl/α,β-unsaturated/α-hetero) is 1. The van der Waals surface area contributed by atoms with Gasteiger partial charge in [0.2, 0.25) is 0 Å². The lowest BCUT2D eigenvalue weighted by atomic mass is 9.93. The van der Waals surface area contributed by atoms with E-state index >= 15 is 0 Å². The Labute approximate surface area is 114 Å². The minimum Gasteiger partial charge on any atom is -0.289 e. The van der Waals surface area contributed by atoms with Crippen LogP contribution in [0.15, 0.2) is 46.0 Å². The van der Waals surface area contributed by atoms with Crippen LogP contribution in [0.4, 0.5) is 0 Å². The average Bonchev–Trinajstić information content (AvgIpc) is 2.32. The molecule has 0 saturated heterocycles. The number of ketones is 1. The lowest BCUT2D eigenvalue weighted by molar-refractivity contribution is 0.103. The zero-order valence-electron chi connectivity index (χ0n) is 9.47. The van der Waals surface area contributed by atoms with E-state index < -0.39 is 0 Å². The number of hydrogen-bond acceptors (Lipinski definition) is 1. The summed E-state index contributed by atoms with van der Waals surface area (Å²) >= 11 is 9.27. The highest BCUT2D eigenvalue weighted by Gasteiger charge is 2.16. The molecule has 0 aromatic heterocycles. The van der Waals surface area contributed by atoms with E-state index in [0.29, 0.717) is 10.6 Å². The van der Waals surface area contributed by atoms with E-state index in [4.69, 9.17) is 11.6 Å². The molecule has 0 atom stereocenters. The Balaban J connectivity index is 2.35. The SMILES string of the molecule is CC1=C(C(=O)c2ccc(Cl)cc2)C=C(Br)CC1. The van der Waals surface area contributed by atoms with Gasteiger partial charge in [-0.05, 0) is 54.6 Å². The molecule has 0 saturated carbocycles. The molecule has 0 radical (unpaired) electrons. The second-order valence-corrected chi connectivity index (χ2v) is 5.58. The van der Waals surface area contributed by atoms with Crippen LogP contribution >= 0.6 is 27.5 Å². The highest BCUT2D eigenvalue weighted by molar-refractivity contribution is 9.11. The summed E-state index contributed by atoms with van der Waals surface area (Å²) in [6.45, 7) is 2.01. The predicted molar refractivity (Wildman–Crippen MR) is 74.7 cm³/mol. The molecule has 1 aromatic rings. The monoisotopic (exact) mass is 310 g/mol. The van der Waals surface area contributed by atoms with Crippen LogP contribution in [0.25, 0.3) is 0 Å². The fraction of sp³-hybridized carbons (Fsp3) is 0.214. The van der Waals surface area contributed by atoms with Crippen LogP contribution < -0.4 is 0 Å². The van der Waals surface area contributed by atoms with Gasteiger partial charge in [0.05, 0.1) is 0 Å². The maximum absolute atomic E-state index is 12.3. The number of halogens is 2. The summed E-state index contributed by atoms with van der Waals surface area (Å²) in [4.78, 5) is 12.3. The molecule has 1 nitrogen and oxygen atoms in total. The third kappa shape index (κ3) is 2.88. The fourth-order valence-electron chi connectivity index (χ4n) is 1.81. The highest BCUT2D eigenvalue weighted by Crippen LogP contribution is 2.29. The van der Waals surface area contributed by atoms with Crippen LogP contribution in [0.1, 0.15) is 30.1 Å². The molecule has 0 aliphatic heterocycles. The van der Waals surface area contributed by atoms with Crippen LogP contribution in [0.3, 0.4) is 0 Å². The molecule has 0 amide bonds. The molecule has 88 valence electrons. The minimum absolute atomic E-state index is 0.0656. The van der Waals surface area contributed by atoms with Crippen LogP contribution in [0.5, 0.6) is 0 Å². The first-order valence-corrected chi connectivity index (χ1v) is 6.61. The first-order valence-electron chi connectivity index (χ1n) is 5.44. The predicted octanol–water partition coefficient (Wildman–Crippen LogP) is 4.91. The Hall–Kier alpha value is -0.860. The molecular formula is C14H12BrClO. The Kier molecular flexibility index (Phi) is 3.85. The Morgan fingerprint density at radius 1 is 1.24 bits per heavy atom. The van der Waals surface area contributed by atoms with E-state index in [2.05, 4.69) is 15.9 Å². The van der Waals surface area contributed by atoms with E-state index in [9.17, 15) is 4.79 Å².